The summed E-state index contributed by atoms with van der Waals surface area (Å²) in [5.74, 6) is -0.364. The van der Waals surface area contributed by atoms with Gasteiger partial charge in [0.2, 0.25) is 11.8 Å². The molecular weight excluding hydrogens is 276 g/mol. The van der Waals surface area contributed by atoms with Crippen molar-refractivity contribution in [2.24, 2.45) is 11.7 Å². The van der Waals surface area contributed by atoms with Crippen LogP contribution in [0.3, 0.4) is 0 Å². The Morgan fingerprint density at radius 2 is 1.95 bits per heavy atom. The molecule has 0 saturated carbocycles. The van der Waals surface area contributed by atoms with Crippen LogP contribution in [0.2, 0.25) is 0 Å². The molecule has 3 atom stereocenters. The van der Waals surface area contributed by atoms with Gasteiger partial charge in [-0.2, -0.15) is 0 Å². The first-order chi connectivity index (χ1) is 10.6. The van der Waals surface area contributed by atoms with E-state index >= 15 is 0 Å². The van der Waals surface area contributed by atoms with Crippen molar-refractivity contribution in [2.75, 3.05) is 6.54 Å². The van der Waals surface area contributed by atoms with Gasteiger partial charge in [-0.15, -0.1) is 0 Å². The van der Waals surface area contributed by atoms with Gasteiger partial charge >= 0.3 is 0 Å². The van der Waals surface area contributed by atoms with Gasteiger partial charge in [-0.25, -0.2) is 0 Å². The molecule has 0 unspecified atom stereocenters. The molecule has 1 aromatic carbocycles. The fraction of sp³-hybridized carbons (Fsp3) is 0.556. The summed E-state index contributed by atoms with van der Waals surface area (Å²) in [6.07, 6.45) is 4.66. The number of amides is 2. The lowest BCUT2D eigenvalue weighted by Crippen LogP contribution is -2.50. The SMILES string of the molecule is C[C@@H]1CC[C@@H](C(N)=O)CN1C(=O)[C@H]1CCCc2ccccc21. The zero-order chi connectivity index (χ0) is 15.7. The lowest BCUT2D eigenvalue weighted by Gasteiger charge is -2.40. The highest BCUT2D eigenvalue weighted by molar-refractivity contribution is 5.86. The summed E-state index contributed by atoms with van der Waals surface area (Å²) in [4.78, 5) is 26.5. The minimum absolute atomic E-state index is 0.0565. The van der Waals surface area contributed by atoms with E-state index in [1.807, 2.05) is 17.0 Å². The highest BCUT2D eigenvalue weighted by Crippen LogP contribution is 2.35. The first kappa shape index (κ1) is 15.1. The van der Waals surface area contributed by atoms with Gasteiger partial charge in [-0.3, -0.25) is 9.59 Å². The number of carbonyl (C=O) groups is 2. The van der Waals surface area contributed by atoms with Gasteiger partial charge in [0.1, 0.15) is 0 Å². The number of hydrogen-bond donors (Lipinski definition) is 1. The lowest BCUT2D eigenvalue weighted by atomic mass is 9.81. The molecule has 2 aliphatic rings. The van der Waals surface area contributed by atoms with Crippen LogP contribution >= 0.6 is 0 Å². The van der Waals surface area contributed by atoms with Gasteiger partial charge in [0, 0.05) is 12.6 Å². The molecule has 1 aliphatic carbocycles. The Labute approximate surface area is 131 Å². The average Bonchev–Trinajstić information content (AvgIpc) is 2.54. The number of hydrogen-bond acceptors (Lipinski definition) is 2. The second kappa shape index (κ2) is 6.11. The minimum atomic E-state index is -0.284. The number of nitrogens with two attached hydrogens (primary N) is 1. The van der Waals surface area contributed by atoms with Crippen LogP contribution in [0.5, 0.6) is 0 Å². The van der Waals surface area contributed by atoms with Gasteiger partial charge in [0.05, 0.1) is 11.8 Å². The van der Waals surface area contributed by atoms with Gasteiger partial charge in [0.25, 0.3) is 0 Å². The van der Waals surface area contributed by atoms with E-state index in [0.29, 0.717) is 6.54 Å². The maximum atomic E-state index is 13.1. The summed E-state index contributed by atoms with van der Waals surface area (Å²) >= 11 is 0. The Morgan fingerprint density at radius 1 is 1.18 bits per heavy atom. The summed E-state index contributed by atoms with van der Waals surface area (Å²) in [5.41, 5.74) is 7.92. The molecule has 0 bridgehead atoms. The first-order valence-corrected chi connectivity index (χ1v) is 8.25. The predicted octanol–water partition coefficient (Wildman–Crippen LogP) is 2.22. The topological polar surface area (TPSA) is 63.4 Å². The predicted molar refractivity (Wildman–Crippen MR) is 85.2 cm³/mol. The van der Waals surface area contributed by atoms with Crippen molar-refractivity contribution >= 4 is 11.8 Å². The molecule has 1 saturated heterocycles. The van der Waals surface area contributed by atoms with Crippen molar-refractivity contribution in [2.45, 2.75) is 51.0 Å². The highest BCUT2D eigenvalue weighted by atomic mass is 16.2. The Hall–Kier alpha value is -1.84. The molecule has 0 aromatic heterocycles. The van der Waals surface area contributed by atoms with Crippen molar-refractivity contribution in [1.29, 1.82) is 0 Å². The molecule has 2 N–H and O–H groups in total. The molecule has 1 fully saturated rings. The molecule has 22 heavy (non-hydrogen) atoms. The summed E-state index contributed by atoms with van der Waals surface area (Å²) in [6.45, 7) is 2.55. The van der Waals surface area contributed by atoms with Crippen LogP contribution in [0.4, 0.5) is 0 Å². The van der Waals surface area contributed by atoms with Crippen LogP contribution in [-0.4, -0.2) is 29.3 Å². The van der Waals surface area contributed by atoms with E-state index in [1.165, 1.54) is 11.1 Å². The molecule has 3 rings (SSSR count). The van der Waals surface area contributed by atoms with Crippen LogP contribution in [0.1, 0.15) is 49.7 Å². The Bertz CT molecular complexity index is 584. The average molecular weight is 300 g/mol. The molecule has 118 valence electrons. The Kier molecular flexibility index (Phi) is 4.19. The van der Waals surface area contributed by atoms with Crippen LogP contribution in [-0.2, 0) is 16.0 Å². The largest absolute Gasteiger partial charge is 0.369 e. The van der Waals surface area contributed by atoms with Gasteiger partial charge in [-0.05, 0) is 50.2 Å². The van der Waals surface area contributed by atoms with Crippen LogP contribution in [0, 0.1) is 5.92 Å². The zero-order valence-corrected chi connectivity index (χ0v) is 13.1. The van der Waals surface area contributed by atoms with Gasteiger partial charge in [-0.1, -0.05) is 24.3 Å². The number of rotatable bonds is 2. The molecule has 2 amide bonds. The summed E-state index contributed by atoms with van der Waals surface area (Å²) in [7, 11) is 0. The Morgan fingerprint density at radius 3 is 2.73 bits per heavy atom. The molecule has 0 spiro atoms. The normalized spacial score (nSPS) is 28.0. The maximum Gasteiger partial charge on any atom is 0.230 e. The van der Waals surface area contributed by atoms with E-state index in [0.717, 1.165) is 32.1 Å². The number of nitrogens with zero attached hydrogens (tertiary/aromatic N) is 1. The van der Waals surface area contributed by atoms with Crippen LogP contribution in [0.25, 0.3) is 0 Å². The maximum absolute atomic E-state index is 13.1. The minimum Gasteiger partial charge on any atom is -0.369 e. The number of likely N-dealkylation sites (tertiary alicyclic amines) is 1. The van der Waals surface area contributed by atoms with Crippen molar-refractivity contribution in [3.8, 4) is 0 Å². The Balaban J connectivity index is 1.83. The number of fused-ring (bicyclic) bond motifs is 1. The van der Waals surface area contributed by atoms with Crippen LogP contribution in [0.15, 0.2) is 24.3 Å². The third-order valence-electron chi connectivity index (χ3n) is 5.24. The number of carbonyl (C=O) groups excluding carboxylic acids is 2. The third kappa shape index (κ3) is 2.74. The van der Waals surface area contributed by atoms with Gasteiger partial charge < -0.3 is 10.6 Å². The smallest absolute Gasteiger partial charge is 0.230 e. The summed E-state index contributed by atoms with van der Waals surface area (Å²) < 4.78 is 0. The van der Waals surface area contributed by atoms with Crippen molar-refractivity contribution < 1.29 is 9.59 Å². The van der Waals surface area contributed by atoms with E-state index < -0.39 is 0 Å². The van der Waals surface area contributed by atoms with Crippen LogP contribution < -0.4 is 5.73 Å². The highest BCUT2D eigenvalue weighted by Gasteiger charge is 2.36. The quantitative estimate of drug-likeness (QED) is 0.910. The molecule has 0 radical (unpaired) electrons. The molecule has 1 heterocycles. The monoisotopic (exact) mass is 300 g/mol. The zero-order valence-electron chi connectivity index (χ0n) is 13.1. The second-order valence-electron chi connectivity index (χ2n) is 6.66. The first-order valence-electron chi connectivity index (χ1n) is 8.25. The standard InChI is InChI=1S/C18H24N2O2/c1-12-9-10-14(17(19)21)11-20(12)18(22)16-8-4-6-13-5-2-3-7-15(13)16/h2-3,5,7,12,14,16H,4,6,8-11H2,1H3,(H2,19,21)/t12-,14-,16+/m1/s1. The molecule has 4 nitrogen and oxygen atoms in total. The third-order valence-corrected chi connectivity index (χ3v) is 5.24. The lowest BCUT2D eigenvalue weighted by molar-refractivity contribution is -0.139. The van der Waals surface area contributed by atoms with Gasteiger partial charge in [0.15, 0.2) is 0 Å². The van der Waals surface area contributed by atoms with E-state index in [-0.39, 0.29) is 29.7 Å². The second-order valence-corrected chi connectivity index (χ2v) is 6.66. The number of benzene rings is 1. The molecule has 4 heteroatoms. The number of piperidine rings is 1. The van der Waals surface area contributed by atoms with E-state index in [9.17, 15) is 9.59 Å². The number of primary amides is 1. The van der Waals surface area contributed by atoms with E-state index in [4.69, 9.17) is 5.73 Å². The van der Waals surface area contributed by atoms with Crippen molar-refractivity contribution in [1.82, 2.24) is 4.90 Å². The molecular formula is C18H24N2O2. The summed E-state index contributed by atoms with van der Waals surface area (Å²) in [5, 5.41) is 0. The van der Waals surface area contributed by atoms with E-state index in [1.54, 1.807) is 0 Å². The fourth-order valence-electron chi connectivity index (χ4n) is 3.86. The molecule has 1 aliphatic heterocycles. The molecule has 1 aromatic rings. The fourth-order valence-corrected chi connectivity index (χ4v) is 3.86. The van der Waals surface area contributed by atoms with Crippen molar-refractivity contribution in [3.05, 3.63) is 35.4 Å². The van der Waals surface area contributed by atoms with E-state index in [2.05, 4.69) is 19.1 Å². The summed E-state index contributed by atoms with van der Waals surface area (Å²) in [6, 6.07) is 8.45. The van der Waals surface area contributed by atoms with Crippen molar-refractivity contribution in [3.63, 3.8) is 0 Å². The number of aryl methyl sites for hydroxylation is 1.